The number of hydroxylamine groups is 1. The molecular formula is C15H16N2O5. The van der Waals surface area contributed by atoms with Crippen molar-refractivity contribution in [2.75, 3.05) is 0 Å². The molecule has 0 aliphatic rings. The zero-order valence-electron chi connectivity index (χ0n) is 11.6. The second-order valence-electron chi connectivity index (χ2n) is 4.23. The first-order chi connectivity index (χ1) is 10.5. The second-order valence-corrected chi connectivity index (χ2v) is 4.23. The summed E-state index contributed by atoms with van der Waals surface area (Å²) in [4.78, 5) is 0. The Morgan fingerprint density at radius 1 is 1.05 bits per heavy atom. The quantitative estimate of drug-likeness (QED) is 0.212. The van der Waals surface area contributed by atoms with Crippen LogP contribution in [-0.2, 0) is 6.54 Å². The van der Waals surface area contributed by atoms with Crippen molar-refractivity contribution in [2.24, 2.45) is 0 Å². The summed E-state index contributed by atoms with van der Waals surface area (Å²) in [5.74, 6) is -0.476. The molecule has 0 heterocycles. The van der Waals surface area contributed by atoms with E-state index in [1.807, 2.05) is 0 Å². The lowest BCUT2D eigenvalue weighted by molar-refractivity contribution is -0.469. The van der Waals surface area contributed by atoms with Crippen LogP contribution in [-0.4, -0.2) is 33.0 Å². The highest BCUT2D eigenvalue weighted by molar-refractivity contribution is 5.79. The van der Waals surface area contributed by atoms with E-state index in [1.54, 1.807) is 24.3 Å². The molecule has 0 aliphatic carbocycles. The lowest BCUT2D eigenvalue weighted by Crippen LogP contribution is -2.56. The number of benzene rings is 2. The van der Waals surface area contributed by atoms with Crippen molar-refractivity contribution in [3.05, 3.63) is 64.0 Å². The van der Waals surface area contributed by atoms with Crippen LogP contribution in [0.15, 0.2) is 42.5 Å². The summed E-state index contributed by atoms with van der Waals surface area (Å²) in [5, 5.41) is 49.6. The van der Waals surface area contributed by atoms with E-state index < -0.39 is 0 Å². The van der Waals surface area contributed by atoms with Crippen LogP contribution in [0.25, 0.3) is 0 Å². The van der Waals surface area contributed by atoms with Gasteiger partial charge in [-0.05, 0) is 30.3 Å². The molecule has 0 radical (unpaired) electrons. The minimum Gasteiger partial charge on any atom is -0.626 e. The van der Waals surface area contributed by atoms with Gasteiger partial charge in [0.05, 0.1) is 5.56 Å². The van der Waals surface area contributed by atoms with E-state index in [1.165, 1.54) is 29.6 Å². The molecule has 0 aliphatic heterocycles. The molecule has 7 nitrogen and oxygen atoms in total. The van der Waals surface area contributed by atoms with E-state index in [9.17, 15) is 15.4 Å². The summed E-state index contributed by atoms with van der Waals surface area (Å²) in [6, 6.07) is 10.7. The SMILES string of the molecule is C=[NH+][O-].[O-][N+](=Cc1ccccc1O)Cc1ccc(O)c(O)c1. The largest absolute Gasteiger partial charge is 0.626 e. The number of rotatable bonds is 3. The number of phenolic OH excluding ortho intramolecular Hbond substituents is 3. The lowest BCUT2D eigenvalue weighted by Gasteiger charge is -2.06. The Bertz CT molecular complexity index is 671. The topological polar surface area (TPSA) is 124 Å². The van der Waals surface area contributed by atoms with Crippen molar-refractivity contribution in [1.82, 2.24) is 0 Å². The molecule has 0 unspecified atom stereocenters. The molecule has 2 rings (SSSR count). The third-order valence-electron chi connectivity index (χ3n) is 2.60. The standard InChI is InChI=1S/C14H13NO4.CH3NO/c16-12-4-2-1-3-11(12)9-15(19)8-10-5-6-13(17)14(18)7-10;1-2-3/h1-7,9,16-18H,8H2;2H,1H2. The van der Waals surface area contributed by atoms with Crippen LogP contribution in [0.4, 0.5) is 0 Å². The summed E-state index contributed by atoms with van der Waals surface area (Å²) >= 11 is 0. The third kappa shape index (κ3) is 5.04. The molecule has 22 heavy (non-hydrogen) atoms. The highest BCUT2D eigenvalue weighted by Gasteiger charge is 2.05. The molecule has 0 aromatic heterocycles. The Kier molecular flexibility index (Phi) is 6.24. The van der Waals surface area contributed by atoms with Gasteiger partial charge in [-0.2, -0.15) is 0 Å². The first-order valence-electron chi connectivity index (χ1n) is 6.19. The minimum absolute atomic E-state index is 0.00216. The highest BCUT2D eigenvalue weighted by Crippen LogP contribution is 2.25. The summed E-state index contributed by atoms with van der Waals surface area (Å²) in [7, 11) is 0. The molecule has 0 fully saturated rings. The monoisotopic (exact) mass is 304 g/mol. The lowest BCUT2D eigenvalue weighted by atomic mass is 10.2. The zero-order valence-corrected chi connectivity index (χ0v) is 11.6. The van der Waals surface area contributed by atoms with Gasteiger partial charge in [0, 0.05) is 5.56 Å². The van der Waals surface area contributed by atoms with Gasteiger partial charge in [0.1, 0.15) is 12.5 Å². The molecule has 116 valence electrons. The Labute approximate surface area is 126 Å². The summed E-state index contributed by atoms with van der Waals surface area (Å²) < 4.78 is 0.640. The molecule has 0 amide bonds. The predicted molar refractivity (Wildman–Crippen MR) is 81.8 cm³/mol. The molecule has 0 saturated carbocycles. The number of hydrogen-bond acceptors (Lipinski definition) is 5. The van der Waals surface area contributed by atoms with Gasteiger partial charge in [-0.1, -0.05) is 12.1 Å². The van der Waals surface area contributed by atoms with Crippen molar-refractivity contribution >= 4 is 12.9 Å². The van der Waals surface area contributed by atoms with Crippen molar-refractivity contribution in [3.63, 3.8) is 0 Å². The van der Waals surface area contributed by atoms with Gasteiger partial charge < -0.3 is 25.7 Å². The van der Waals surface area contributed by atoms with Crippen molar-refractivity contribution in [3.8, 4) is 17.2 Å². The molecule has 4 N–H and O–H groups in total. The molecule has 7 heteroatoms. The van der Waals surface area contributed by atoms with Gasteiger partial charge in [-0.3, -0.25) is 0 Å². The van der Waals surface area contributed by atoms with Gasteiger partial charge in [0.2, 0.25) is 0 Å². The van der Waals surface area contributed by atoms with Gasteiger partial charge in [-0.25, -0.2) is 9.89 Å². The fourth-order valence-electron chi connectivity index (χ4n) is 1.64. The second kappa shape index (κ2) is 8.15. The number of aromatic hydroxyl groups is 3. The smallest absolute Gasteiger partial charge is 0.185 e. The molecule has 0 atom stereocenters. The summed E-state index contributed by atoms with van der Waals surface area (Å²) in [6.45, 7) is 2.68. The van der Waals surface area contributed by atoms with Crippen LogP contribution in [0.2, 0.25) is 0 Å². The van der Waals surface area contributed by atoms with Gasteiger partial charge in [-0.15, -0.1) is 0 Å². The number of phenols is 3. The fourth-order valence-corrected chi connectivity index (χ4v) is 1.64. The Balaban J connectivity index is 0.000000745. The molecule has 2 aromatic rings. The van der Waals surface area contributed by atoms with Gasteiger partial charge in [0.25, 0.3) is 0 Å². The summed E-state index contributed by atoms with van der Waals surface area (Å²) in [6.07, 6.45) is 1.26. The maximum absolute atomic E-state index is 11.7. The number of para-hydroxylation sites is 1. The molecular weight excluding hydrogens is 288 g/mol. The summed E-state index contributed by atoms with van der Waals surface area (Å²) in [5.41, 5.74) is 0.970. The molecule has 2 aromatic carbocycles. The van der Waals surface area contributed by atoms with Crippen molar-refractivity contribution in [2.45, 2.75) is 6.54 Å². The first kappa shape index (κ1) is 16.8. The number of hydrogen-bond donors (Lipinski definition) is 4. The maximum atomic E-state index is 11.7. The van der Waals surface area contributed by atoms with E-state index in [2.05, 4.69) is 6.72 Å². The zero-order chi connectivity index (χ0) is 16.5. The maximum Gasteiger partial charge on any atom is 0.185 e. The Morgan fingerprint density at radius 2 is 1.68 bits per heavy atom. The van der Waals surface area contributed by atoms with Crippen LogP contribution in [0.3, 0.4) is 0 Å². The van der Waals surface area contributed by atoms with Crippen LogP contribution >= 0.6 is 0 Å². The van der Waals surface area contributed by atoms with E-state index >= 15 is 0 Å². The van der Waals surface area contributed by atoms with Gasteiger partial charge in [0.15, 0.2) is 24.3 Å². The van der Waals surface area contributed by atoms with Gasteiger partial charge >= 0.3 is 0 Å². The molecule has 0 spiro atoms. The van der Waals surface area contributed by atoms with Crippen LogP contribution in [0.5, 0.6) is 17.2 Å². The van der Waals surface area contributed by atoms with E-state index in [0.717, 1.165) is 0 Å². The van der Waals surface area contributed by atoms with E-state index in [4.69, 9.17) is 10.3 Å². The predicted octanol–water partition coefficient (Wildman–Crippen LogP) is 0.198. The van der Waals surface area contributed by atoms with Crippen molar-refractivity contribution in [1.29, 1.82) is 0 Å². The van der Waals surface area contributed by atoms with E-state index in [0.29, 0.717) is 15.9 Å². The Hall–Kier alpha value is -3.22. The number of nitrogens with one attached hydrogen (secondary N) is 1. The first-order valence-corrected chi connectivity index (χ1v) is 6.19. The van der Waals surface area contributed by atoms with E-state index in [-0.39, 0.29) is 23.8 Å². The van der Waals surface area contributed by atoms with Crippen LogP contribution in [0, 0.1) is 10.4 Å². The van der Waals surface area contributed by atoms with Crippen LogP contribution < -0.4 is 5.16 Å². The minimum atomic E-state index is -0.270. The van der Waals surface area contributed by atoms with Crippen molar-refractivity contribution < 1.29 is 25.2 Å². The third-order valence-corrected chi connectivity index (χ3v) is 2.60. The normalized spacial score (nSPS) is 10.5. The Morgan fingerprint density at radius 3 is 2.27 bits per heavy atom. The average Bonchev–Trinajstić information content (AvgIpc) is 2.46. The molecule has 0 bridgehead atoms. The fraction of sp³-hybridized carbons (Fsp3) is 0.0667. The molecule has 0 saturated heterocycles. The highest BCUT2D eigenvalue weighted by atomic mass is 16.5. The average molecular weight is 304 g/mol. The van der Waals surface area contributed by atoms with Crippen LogP contribution in [0.1, 0.15) is 11.1 Å². The number of nitrogens with zero attached hydrogens (tertiary/aromatic N) is 1.